The molecule has 2 heterocycles. The highest BCUT2D eigenvalue weighted by Crippen LogP contribution is 2.24. The lowest BCUT2D eigenvalue weighted by molar-refractivity contribution is 0.0690. The van der Waals surface area contributed by atoms with Crippen LogP contribution in [0.2, 0.25) is 0 Å². The number of benzene rings is 1. The van der Waals surface area contributed by atoms with Gasteiger partial charge in [0.25, 0.3) is 0 Å². The number of imidazole rings is 1. The minimum atomic E-state index is -1.03. The van der Waals surface area contributed by atoms with Crippen molar-refractivity contribution in [2.45, 2.75) is 0 Å². The molecule has 0 aliphatic rings. The first-order chi connectivity index (χ1) is 8.27. The summed E-state index contributed by atoms with van der Waals surface area (Å²) < 4.78 is 6.52. The van der Waals surface area contributed by atoms with E-state index in [1.165, 1.54) is 16.9 Å². The van der Waals surface area contributed by atoms with Crippen LogP contribution >= 0.6 is 0 Å². The normalized spacial score (nSPS) is 10.8. The van der Waals surface area contributed by atoms with Crippen molar-refractivity contribution in [3.8, 4) is 11.3 Å². The van der Waals surface area contributed by atoms with Gasteiger partial charge >= 0.3 is 11.8 Å². The number of aromatic nitrogens is 2. The van der Waals surface area contributed by atoms with E-state index in [9.17, 15) is 9.90 Å². The van der Waals surface area contributed by atoms with Gasteiger partial charge in [-0.2, -0.15) is 4.98 Å². The highest BCUT2D eigenvalue weighted by atomic mass is 16.4. The molecule has 0 saturated heterocycles. The number of oxazole rings is 1. The molecule has 0 spiro atoms. The number of carboxylic acid groups (broad SMARTS) is 1. The lowest BCUT2D eigenvalue weighted by Crippen LogP contribution is -2.02. The zero-order chi connectivity index (χ0) is 11.8. The van der Waals surface area contributed by atoms with Gasteiger partial charge in [0, 0.05) is 11.8 Å². The number of carboxylic acids is 1. The van der Waals surface area contributed by atoms with Crippen molar-refractivity contribution >= 4 is 11.8 Å². The second-order valence-electron chi connectivity index (χ2n) is 3.54. The standard InChI is InChI=1S/C12H8N2O3/c15-11(16)10-9(8-4-2-1-3-5-8)13-12-14(10)6-7-17-12/h1-7H,(H,15,16). The lowest BCUT2D eigenvalue weighted by Gasteiger charge is -1.98. The van der Waals surface area contributed by atoms with Crippen molar-refractivity contribution in [2.75, 3.05) is 0 Å². The molecule has 0 saturated carbocycles. The summed E-state index contributed by atoms with van der Waals surface area (Å²) in [7, 11) is 0. The molecule has 0 fully saturated rings. The van der Waals surface area contributed by atoms with Gasteiger partial charge in [0.15, 0.2) is 5.69 Å². The van der Waals surface area contributed by atoms with Crippen molar-refractivity contribution in [1.82, 2.24) is 9.38 Å². The molecule has 84 valence electrons. The van der Waals surface area contributed by atoms with Crippen LogP contribution in [0, 0.1) is 0 Å². The van der Waals surface area contributed by atoms with Crippen LogP contribution in [0.1, 0.15) is 10.5 Å². The molecule has 3 rings (SSSR count). The maximum absolute atomic E-state index is 11.3. The van der Waals surface area contributed by atoms with Crippen molar-refractivity contribution < 1.29 is 14.3 Å². The number of hydrogen-bond acceptors (Lipinski definition) is 3. The van der Waals surface area contributed by atoms with E-state index in [0.29, 0.717) is 5.69 Å². The monoisotopic (exact) mass is 228 g/mol. The SMILES string of the molecule is O=C(O)c1c(-c2ccccc2)nc2occn12. The maximum Gasteiger partial charge on any atom is 0.355 e. The van der Waals surface area contributed by atoms with Gasteiger partial charge in [-0.15, -0.1) is 0 Å². The molecule has 5 nitrogen and oxygen atoms in total. The fourth-order valence-electron chi connectivity index (χ4n) is 1.79. The highest BCUT2D eigenvalue weighted by molar-refractivity contribution is 5.94. The summed E-state index contributed by atoms with van der Waals surface area (Å²) in [4.78, 5) is 15.4. The summed E-state index contributed by atoms with van der Waals surface area (Å²) in [5, 5.41) is 9.23. The Morgan fingerprint density at radius 1 is 1.29 bits per heavy atom. The van der Waals surface area contributed by atoms with Gasteiger partial charge < -0.3 is 9.52 Å². The summed E-state index contributed by atoms with van der Waals surface area (Å²) in [5.74, 6) is -0.751. The minimum Gasteiger partial charge on any atom is -0.476 e. The smallest absolute Gasteiger partial charge is 0.355 e. The van der Waals surface area contributed by atoms with Gasteiger partial charge in [-0.3, -0.25) is 4.40 Å². The largest absolute Gasteiger partial charge is 0.476 e. The Hall–Kier alpha value is -2.56. The fraction of sp³-hybridized carbons (Fsp3) is 0. The Morgan fingerprint density at radius 2 is 2.06 bits per heavy atom. The number of aromatic carboxylic acids is 1. The van der Waals surface area contributed by atoms with E-state index in [4.69, 9.17) is 4.42 Å². The van der Waals surface area contributed by atoms with Crippen LogP contribution in [-0.2, 0) is 0 Å². The van der Waals surface area contributed by atoms with E-state index in [1.807, 2.05) is 30.3 Å². The predicted octanol–water partition coefficient (Wildman–Crippen LogP) is 2.29. The van der Waals surface area contributed by atoms with Crippen molar-refractivity contribution in [1.29, 1.82) is 0 Å². The summed E-state index contributed by atoms with van der Waals surface area (Å²) in [5.41, 5.74) is 1.28. The molecule has 2 aromatic heterocycles. The lowest BCUT2D eigenvalue weighted by atomic mass is 10.1. The van der Waals surface area contributed by atoms with E-state index in [0.717, 1.165) is 5.56 Å². The molecule has 0 bridgehead atoms. The number of fused-ring (bicyclic) bond motifs is 1. The van der Waals surface area contributed by atoms with E-state index in [2.05, 4.69) is 4.98 Å². The summed E-state index contributed by atoms with van der Waals surface area (Å²) in [6.45, 7) is 0. The van der Waals surface area contributed by atoms with E-state index in [-0.39, 0.29) is 11.5 Å². The predicted molar refractivity (Wildman–Crippen MR) is 59.9 cm³/mol. The van der Waals surface area contributed by atoms with E-state index in [1.54, 1.807) is 0 Å². The van der Waals surface area contributed by atoms with Crippen LogP contribution in [0.5, 0.6) is 0 Å². The quantitative estimate of drug-likeness (QED) is 0.730. The Balaban J connectivity index is 2.33. The van der Waals surface area contributed by atoms with Crippen LogP contribution in [0.15, 0.2) is 47.2 Å². The molecular weight excluding hydrogens is 220 g/mol. The van der Waals surface area contributed by atoms with Crippen LogP contribution in [0.3, 0.4) is 0 Å². The maximum atomic E-state index is 11.3. The Kier molecular flexibility index (Phi) is 1.98. The number of rotatable bonds is 2. The third kappa shape index (κ3) is 1.40. The topological polar surface area (TPSA) is 67.7 Å². The minimum absolute atomic E-state index is 0.111. The Labute approximate surface area is 95.9 Å². The first kappa shape index (κ1) is 9.65. The van der Waals surface area contributed by atoms with Gasteiger partial charge in [-0.05, 0) is 0 Å². The average molecular weight is 228 g/mol. The average Bonchev–Trinajstić information content (AvgIpc) is 2.88. The molecule has 3 aromatic rings. The van der Waals surface area contributed by atoms with E-state index < -0.39 is 5.97 Å². The third-order valence-corrected chi connectivity index (χ3v) is 2.51. The summed E-state index contributed by atoms with van der Waals surface area (Å²) >= 11 is 0. The molecule has 0 radical (unpaired) electrons. The summed E-state index contributed by atoms with van der Waals surface area (Å²) in [6.07, 6.45) is 2.95. The van der Waals surface area contributed by atoms with Crippen LogP contribution in [-0.4, -0.2) is 20.5 Å². The van der Waals surface area contributed by atoms with Gasteiger partial charge in [-0.25, -0.2) is 4.79 Å². The van der Waals surface area contributed by atoms with Crippen LogP contribution in [0.4, 0.5) is 0 Å². The molecule has 0 amide bonds. The Bertz CT molecular complexity index is 682. The Morgan fingerprint density at radius 3 is 2.76 bits per heavy atom. The first-order valence-corrected chi connectivity index (χ1v) is 5.01. The van der Waals surface area contributed by atoms with Gasteiger partial charge in [0.05, 0.1) is 0 Å². The zero-order valence-corrected chi connectivity index (χ0v) is 8.70. The molecule has 0 atom stereocenters. The molecule has 17 heavy (non-hydrogen) atoms. The molecule has 0 aliphatic carbocycles. The van der Waals surface area contributed by atoms with Gasteiger partial charge in [-0.1, -0.05) is 30.3 Å². The number of carbonyl (C=O) groups is 1. The summed E-state index contributed by atoms with van der Waals surface area (Å²) in [6, 6.07) is 9.16. The van der Waals surface area contributed by atoms with Crippen molar-refractivity contribution in [3.05, 3.63) is 48.5 Å². The zero-order valence-electron chi connectivity index (χ0n) is 8.70. The van der Waals surface area contributed by atoms with Crippen molar-refractivity contribution in [3.63, 3.8) is 0 Å². The van der Waals surface area contributed by atoms with Crippen molar-refractivity contribution in [2.24, 2.45) is 0 Å². The third-order valence-electron chi connectivity index (χ3n) is 2.51. The molecule has 1 N–H and O–H groups in total. The molecule has 0 unspecified atom stereocenters. The van der Waals surface area contributed by atoms with Gasteiger partial charge in [0.2, 0.25) is 0 Å². The highest BCUT2D eigenvalue weighted by Gasteiger charge is 2.21. The molecule has 0 aliphatic heterocycles. The first-order valence-electron chi connectivity index (χ1n) is 5.01. The van der Waals surface area contributed by atoms with Crippen LogP contribution in [0.25, 0.3) is 17.1 Å². The van der Waals surface area contributed by atoms with E-state index >= 15 is 0 Å². The second-order valence-corrected chi connectivity index (χ2v) is 3.54. The molecule has 5 heteroatoms. The second kappa shape index (κ2) is 3.48. The van der Waals surface area contributed by atoms with Gasteiger partial charge in [0.1, 0.15) is 12.0 Å². The van der Waals surface area contributed by atoms with Crippen LogP contribution < -0.4 is 0 Å². The fourth-order valence-corrected chi connectivity index (χ4v) is 1.79. The number of hydrogen-bond donors (Lipinski definition) is 1. The molecular formula is C12H8N2O3. The number of nitrogens with zero attached hydrogens (tertiary/aromatic N) is 2. The molecule has 1 aromatic carbocycles.